The molecule has 0 rings (SSSR count). The fourth-order valence-corrected chi connectivity index (χ4v) is 0.136. The Morgan fingerprint density at radius 1 is 1.60 bits per heavy atom. The predicted molar refractivity (Wildman–Crippen MR) is 25.6 cm³/mol. The van der Waals surface area contributed by atoms with E-state index in [0.29, 0.717) is 0 Å². The fourth-order valence-electron chi connectivity index (χ4n) is 0.0454. The molecule has 0 atom stereocenters. The summed E-state index contributed by atoms with van der Waals surface area (Å²) in [5, 5.41) is 1.46. The first kappa shape index (κ1) is 4.70. The second-order valence-corrected chi connectivity index (χ2v) is 0.793. The molecular formula is C4H4S. The van der Waals surface area contributed by atoms with Crippen LogP contribution in [0.2, 0.25) is 0 Å². The van der Waals surface area contributed by atoms with Gasteiger partial charge in [0.25, 0.3) is 0 Å². The summed E-state index contributed by atoms with van der Waals surface area (Å²) in [6.45, 7) is 4.86. The minimum atomic E-state index is 1.40. The lowest BCUT2D eigenvalue weighted by molar-refractivity contribution is 2.09. The summed E-state index contributed by atoms with van der Waals surface area (Å²) in [6.07, 6.45) is 2.99. The molecule has 0 heterocycles. The standard InChI is InChI=1S/C4H4S/c1-2-3-4-5/h1-4H. The van der Waals surface area contributed by atoms with E-state index in [1.807, 2.05) is 0 Å². The lowest BCUT2D eigenvalue weighted by Gasteiger charge is -1.53. The van der Waals surface area contributed by atoms with Gasteiger partial charge in [-0.05, 0) is 0 Å². The van der Waals surface area contributed by atoms with Crippen LogP contribution in [0.15, 0.2) is 17.6 Å². The Morgan fingerprint density at radius 3 is 2.20 bits per heavy atom. The summed E-state index contributed by atoms with van der Waals surface area (Å²) in [7, 11) is 0. The minimum Gasteiger partial charge on any atom is -0.0887 e. The van der Waals surface area contributed by atoms with Gasteiger partial charge in [-0.15, -0.1) is 0 Å². The molecule has 0 aliphatic carbocycles. The van der Waals surface area contributed by atoms with Gasteiger partial charge in [-0.25, -0.2) is 0 Å². The first-order valence-electron chi connectivity index (χ1n) is 1.24. The Morgan fingerprint density at radius 2 is 2.20 bits per heavy atom. The highest BCUT2D eigenvalue weighted by molar-refractivity contribution is 7.83. The van der Waals surface area contributed by atoms with E-state index in [1.165, 1.54) is 11.5 Å². The number of allylic oxidation sites excluding steroid dienone is 2. The molecule has 0 aromatic rings. The highest BCUT2D eigenvalue weighted by atomic mass is 32.1. The molecule has 1 heteroatoms. The summed E-state index contributed by atoms with van der Waals surface area (Å²) < 4.78 is 0. The summed E-state index contributed by atoms with van der Waals surface area (Å²) in [4.78, 5) is 0. The second-order valence-electron chi connectivity index (χ2n) is 0.521. The lowest BCUT2D eigenvalue weighted by atomic mass is 10.6. The topological polar surface area (TPSA) is 0 Å². The molecule has 0 aromatic heterocycles. The van der Waals surface area contributed by atoms with E-state index in [0.717, 1.165) is 0 Å². The molecule has 0 aromatic carbocycles. The zero-order valence-electron chi connectivity index (χ0n) is 2.72. The Bertz CT molecular complexity index is 45.6. The monoisotopic (exact) mass is 84.0 g/mol. The maximum absolute atomic E-state index is 4.86. The molecule has 0 bridgehead atoms. The Hall–Kier alpha value is -0.300. The zero-order chi connectivity index (χ0) is 4.12. The molecule has 0 saturated carbocycles. The van der Waals surface area contributed by atoms with E-state index in [-0.39, 0.29) is 0 Å². The molecule has 0 fully saturated rings. The minimum absolute atomic E-state index is 1.40. The van der Waals surface area contributed by atoms with Crippen molar-refractivity contribution in [2.75, 3.05) is 0 Å². The zero-order valence-corrected chi connectivity index (χ0v) is 3.53. The van der Waals surface area contributed by atoms with Crippen LogP contribution < -0.4 is 0 Å². The summed E-state index contributed by atoms with van der Waals surface area (Å²) in [6, 6.07) is 0. The van der Waals surface area contributed by atoms with Crippen molar-refractivity contribution < 1.29 is 0 Å². The van der Waals surface area contributed by atoms with Gasteiger partial charge < -0.3 is 0 Å². The van der Waals surface area contributed by atoms with Crippen molar-refractivity contribution in [3.8, 4) is 0 Å². The number of hydrogen-bond donors (Lipinski definition) is 0. The van der Waals surface area contributed by atoms with Crippen LogP contribution in [-0.4, -0.2) is 0 Å². The van der Waals surface area contributed by atoms with Gasteiger partial charge >= 0.3 is 0 Å². The first-order valence-corrected chi connectivity index (χ1v) is 1.71. The highest BCUT2D eigenvalue weighted by Gasteiger charge is 1.44. The molecule has 0 N–H and O–H groups in total. The van der Waals surface area contributed by atoms with Crippen LogP contribution in [0.25, 0.3) is 0 Å². The van der Waals surface area contributed by atoms with E-state index in [2.05, 4.69) is 12.6 Å². The average Bonchev–Trinajstić information content (AvgIpc) is 1.41. The van der Waals surface area contributed by atoms with Crippen molar-refractivity contribution in [1.29, 1.82) is 0 Å². The molecule has 0 amide bonds. The molecule has 0 unspecified atom stereocenters. The number of hydrogen-bond acceptors (Lipinski definition) is 0. The van der Waals surface area contributed by atoms with Crippen molar-refractivity contribution in [3.05, 3.63) is 24.1 Å². The van der Waals surface area contributed by atoms with E-state index < -0.39 is 0 Å². The molecule has 0 aliphatic heterocycles. The SMILES string of the molecule is [CH]=CC=C[S]. The van der Waals surface area contributed by atoms with Gasteiger partial charge in [0.05, 0.1) is 0 Å². The quantitative estimate of drug-likeness (QED) is 0.424. The van der Waals surface area contributed by atoms with E-state index in [4.69, 9.17) is 6.58 Å². The van der Waals surface area contributed by atoms with Crippen LogP contribution in [0.1, 0.15) is 0 Å². The predicted octanol–water partition coefficient (Wildman–Crippen LogP) is 1.69. The van der Waals surface area contributed by atoms with E-state index >= 15 is 0 Å². The second kappa shape index (κ2) is 3.70. The van der Waals surface area contributed by atoms with Crippen LogP contribution in [0, 0.1) is 6.58 Å². The van der Waals surface area contributed by atoms with Gasteiger partial charge in [0.1, 0.15) is 0 Å². The van der Waals surface area contributed by atoms with Crippen molar-refractivity contribution >= 4 is 12.6 Å². The molecule has 2 radical (unpaired) electrons. The third kappa shape index (κ3) is 3.70. The lowest BCUT2D eigenvalue weighted by Crippen LogP contribution is -1.30. The smallest absolute Gasteiger partial charge is 0.00135 e. The van der Waals surface area contributed by atoms with Gasteiger partial charge in [-0.3, -0.25) is 0 Å². The van der Waals surface area contributed by atoms with Crippen molar-refractivity contribution in [2.45, 2.75) is 0 Å². The Kier molecular flexibility index (Phi) is 3.48. The summed E-state index contributed by atoms with van der Waals surface area (Å²) in [5.74, 6) is 0. The van der Waals surface area contributed by atoms with Crippen molar-refractivity contribution in [2.24, 2.45) is 0 Å². The van der Waals surface area contributed by atoms with Crippen LogP contribution in [0.4, 0.5) is 0 Å². The van der Waals surface area contributed by atoms with Crippen molar-refractivity contribution in [1.82, 2.24) is 0 Å². The third-order valence-corrected chi connectivity index (χ3v) is 0.347. The van der Waals surface area contributed by atoms with Crippen LogP contribution in [0.5, 0.6) is 0 Å². The highest BCUT2D eigenvalue weighted by Crippen LogP contribution is 1.73. The molecular weight excluding hydrogens is 80.1 g/mol. The maximum atomic E-state index is 4.86. The van der Waals surface area contributed by atoms with Gasteiger partial charge in [0.2, 0.25) is 0 Å². The molecule has 5 heavy (non-hydrogen) atoms. The molecule has 0 spiro atoms. The molecule has 0 nitrogen and oxygen atoms in total. The summed E-state index contributed by atoms with van der Waals surface area (Å²) in [5.41, 5.74) is 0. The Labute approximate surface area is 37.6 Å². The fraction of sp³-hybridized carbons (Fsp3) is 0. The van der Waals surface area contributed by atoms with Gasteiger partial charge in [0, 0.05) is 5.41 Å². The van der Waals surface area contributed by atoms with Crippen LogP contribution in [0.3, 0.4) is 0 Å². The van der Waals surface area contributed by atoms with Crippen LogP contribution in [-0.2, 0) is 0 Å². The largest absolute Gasteiger partial charge is 0.0887 e. The van der Waals surface area contributed by atoms with E-state index in [9.17, 15) is 0 Å². The van der Waals surface area contributed by atoms with Gasteiger partial charge in [0.15, 0.2) is 0 Å². The van der Waals surface area contributed by atoms with Crippen LogP contribution >= 0.6 is 12.6 Å². The molecule has 26 valence electrons. The third-order valence-electron chi connectivity index (χ3n) is 0.190. The van der Waals surface area contributed by atoms with Gasteiger partial charge in [-0.1, -0.05) is 31.4 Å². The van der Waals surface area contributed by atoms with Gasteiger partial charge in [-0.2, -0.15) is 0 Å². The molecule has 0 saturated heterocycles. The first-order chi connectivity index (χ1) is 2.41. The average molecular weight is 84.1 g/mol. The van der Waals surface area contributed by atoms with E-state index in [1.54, 1.807) is 6.08 Å². The van der Waals surface area contributed by atoms with Crippen molar-refractivity contribution in [3.63, 3.8) is 0 Å². The maximum Gasteiger partial charge on any atom is 0.00135 e. The summed E-state index contributed by atoms with van der Waals surface area (Å²) >= 11 is 4.36. The molecule has 0 aliphatic rings. The number of rotatable bonds is 1. The Balaban J connectivity index is 2.92. The normalized spacial score (nSPS) is 8.80.